The second-order valence-electron chi connectivity index (χ2n) is 6.53. The van der Waals surface area contributed by atoms with Crippen molar-refractivity contribution >= 4 is 5.91 Å². The summed E-state index contributed by atoms with van der Waals surface area (Å²) in [5, 5.41) is 7.17. The first-order chi connectivity index (χ1) is 12.2. The summed E-state index contributed by atoms with van der Waals surface area (Å²) in [6.45, 7) is 4.63. The fraction of sp³-hybridized carbons (Fsp3) is 0.474. The van der Waals surface area contributed by atoms with E-state index >= 15 is 0 Å². The van der Waals surface area contributed by atoms with Crippen LogP contribution in [-0.4, -0.2) is 46.8 Å². The minimum Gasteiger partial charge on any atom is -0.352 e. The van der Waals surface area contributed by atoms with Gasteiger partial charge in [-0.3, -0.25) is 9.48 Å². The molecule has 1 aliphatic heterocycles. The van der Waals surface area contributed by atoms with E-state index in [0.717, 1.165) is 31.7 Å². The van der Waals surface area contributed by atoms with Gasteiger partial charge in [-0.15, -0.1) is 0 Å². The van der Waals surface area contributed by atoms with Gasteiger partial charge in [-0.25, -0.2) is 4.39 Å². The summed E-state index contributed by atoms with van der Waals surface area (Å²) < 4.78 is 14.7. The molecule has 0 spiro atoms. The maximum atomic E-state index is 12.9. The molecule has 1 aromatic carbocycles. The van der Waals surface area contributed by atoms with E-state index in [4.69, 9.17) is 0 Å². The summed E-state index contributed by atoms with van der Waals surface area (Å²) >= 11 is 0. The molecule has 1 saturated heterocycles. The van der Waals surface area contributed by atoms with Gasteiger partial charge in [-0.2, -0.15) is 5.10 Å². The molecular formula is C19H25FN4O. The summed E-state index contributed by atoms with van der Waals surface area (Å²) in [5.74, 6) is -0.365. The van der Waals surface area contributed by atoms with Gasteiger partial charge in [0.25, 0.3) is 5.91 Å². The average Bonchev–Trinajstić information content (AvgIpc) is 3.12. The van der Waals surface area contributed by atoms with Crippen LogP contribution in [0.3, 0.4) is 0 Å². The Hall–Kier alpha value is -2.21. The number of aromatic nitrogens is 2. The molecule has 1 amide bonds. The number of nitrogens with one attached hydrogen (secondary N) is 1. The molecular weight excluding hydrogens is 319 g/mol. The minimum atomic E-state index is -0.246. The van der Waals surface area contributed by atoms with Crippen LogP contribution in [0.25, 0.3) is 0 Å². The molecule has 1 aromatic heterocycles. The number of likely N-dealkylation sites (tertiary alicyclic amines) is 1. The van der Waals surface area contributed by atoms with Gasteiger partial charge >= 0.3 is 0 Å². The summed E-state index contributed by atoms with van der Waals surface area (Å²) in [7, 11) is 0. The highest BCUT2D eigenvalue weighted by Crippen LogP contribution is 2.08. The number of carbonyl (C=O) groups is 1. The molecule has 0 unspecified atom stereocenters. The van der Waals surface area contributed by atoms with E-state index in [-0.39, 0.29) is 11.7 Å². The number of hydrogen-bond acceptors (Lipinski definition) is 3. The zero-order valence-electron chi connectivity index (χ0n) is 14.5. The normalized spacial score (nSPS) is 15.2. The number of rotatable bonds is 7. The molecule has 0 aliphatic carbocycles. The Bertz CT molecular complexity index is 677. The van der Waals surface area contributed by atoms with Crippen molar-refractivity contribution in [1.29, 1.82) is 0 Å². The van der Waals surface area contributed by atoms with Crippen LogP contribution in [0.2, 0.25) is 0 Å². The molecule has 0 radical (unpaired) electrons. The van der Waals surface area contributed by atoms with Crippen LogP contribution in [0.1, 0.15) is 35.2 Å². The van der Waals surface area contributed by atoms with E-state index in [1.165, 1.54) is 31.4 Å². The van der Waals surface area contributed by atoms with Crippen molar-refractivity contribution in [2.45, 2.75) is 32.2 Å². The predicted octanol–water partition coefficient (Wildman–Crippen LogP) is 2.48. The summed E-state index contributed by atoms with van der Waals surface area (Å²) in [6.07, 6.45) is 7.98. The molecule has 0 atom stereocenters. The Morgan fingerprint density at radius 3 is 2.64 bits per heavy atom. The van der Waals surface area contributed by atoms with Gasteiger partial charge in [0.1, 0.15) is 5.82 Å². The Morgan fingerprint density at radius 2 is 1.88 bits per heavy atom. The van der Waals surface area contributed by atoms with Crippen molar-refractivity contribution in [2.75, 3.05) is 26.2 Å². The SMILES string of the molecule is O=C(NCCc1ccc(F)cc1)c1cnn(CCN2CCCCC2)c1. The average molecular weight is 344 g/mol. The topological polar surface area (TPSA) is 50.2 Å². The third-order valence-electron chi connectivity index (χ3n) is 4.60. The maximum absolute atomic E-state index is 12.9. The molecule has 0 bridgehead atoms. The van der Waals surface area contributed by atoms with E-state index in [2.05, 4.69) is 15.3 Å². The summed E-state index contributed by atoms with van der Waals surface area (Å²) in [4.78, 5) is 14.6. The lowest BCUT2D eigenvalue weighted by Gasteiger charge is -2.26. The molecule has 5 nitrogen and oxygen atoms in total. The van der Waals surface area contributed by atoms with Crippen molar-refractivity contribution in [3.8, 4) is 0 Å². The number of carbonyl (C=O) groups excluding carboxylic acids is 1. The summed E-state index contributed by atoms with van der Waals surface area (Å²) in [6, 6.07) is 6.34. The second-order valence-corrected chi connectivity index (χ2v) is 6.53. The van der Waals surface area contributed by atoms with Crippen LogP contribution < -0.4 is 5.32 Å². The number of piperidine rings is 1. The van der Waals surface area contributed by atoms with Gasteiger partial charge < -0.3 is 10.2 Å². The van der Waals surface area contributed by atoms with Gasteiger partial charge in [0.15, 0.2) is 0 Å². The summed E-state index contributed by atoms with van der Waals surface area (Å²) in [5.41, 5.74) is 1.58. The highest BCUT2D eigenvalue weighted by molar-refractivity contribution is 5.93. The first-order valence-electron chi connectivity index (χ1n) is 8.98. The van der Waals surface area contributed by atoms with Gasteiger partial charge in [0.05, 0.1) is 18.3 Å². The molecule has 3 rings (SSSR count). The van der Waals surface area contributed by atoms with Gasteiger partial charge in [0, 0.05) is 19.3 Å². The second kappa shape index (κ2) is 8.76. The van der Waals surface area contributed by atoms with Crippen LogP contribution >= 0.6 is 0 Å². The van der Waals surface area contributed by atoms with Crippen molar-refractivity contribution in [2.24, 2.45) is 0 Å². The molecule has 1 N–H and O–H groups in total. The lowest BCUT2D eigenvalue weighted by atomic mass is 10.1. The van der Waals surface area contributed by atoms with Crippen molar-refractivity contribution in [1.82, 2.24) is 20.0 Å². The van der Waals surface area contributed by atoms with E-state index in [0.29, 0.717) is 18.5 Å². The van der Waals surface area contributed by atoms with Crippen LogP contribution in [0.5, 0.6) is 0 Å². The quantitative estimate of drug-likeness (QED) is 0.839. The molecule has 1 fully saturated rings. The zero-order chi connectivity index (χ0) is 17.5. The largest absolute Gasteiger partial charge is 0.352 e. The molecule has 1 aliphatic rings. The van der Waals surface area contributed by atoms with Crippen molar-refractivity contribution in [3.05, 3.63) is 53.6 Å². The van der Waals surface area contributed by atoms with Gasteiger partial charge in [0.2, 0.25) is 0 Å². The van der Waals surface area contributed by atoms with E-state index in [1.54, 1.807) is 24.5 Å². The monoisotopic (exact) mass is 344 g/mol. The fourth-order valence-corrected chi connectivity index (χ4v) is 3.10. The number of nitrogens with zero attached hydrogens (tertiary/aromatic N) is 3. The van der Waals surface area contributed by atoms with Crippen molar-refractivity contribution in [3.63, 3.8) is 0 Å². The molecule has 2 aromatic rings. The first kappa shape index (κ1) is 17.6. The Morgan fingerprint density at radius 1 is 1.12 bits per heavy atom. The van der Waals surface area contributed by atoms with Crippen molar-refractivity contribution < 1.29 is 9.18 Å². The van der Waals surface area contributed by atoms with E-state index in [9.17, 15) is 9.18 Å². The Kier molecular flexibility index (Phi) is 6.17. The van der Waals surface area contributed by atoms with E-state index < -0.39 is 0 Å². The van der Waals surface area contributed by atoms with Crippen LogP contribution in [0.15, 0.2) is 36.7 Å². The predicted molar refractivity (Wildman–Crippen MR) is 95.0 cm³/mol. The third kappa shape index (κ3) is 5.39. The lowest BCUT2D eigenvalue weighted by Crippen LogP contribution is -2.32. The maximum Gasteiger partial charge on any atom is 0.254 e. The molecule has 134 valence electrons. The fourth-order valence-electron chi connectivity index (χ4n) is 3.10. The third-order valence-corrected chi connectivity index (χ3v) is 4.60. The van der Waals surface area contributed by atoms with E-state index in [1.807, 2.05) is 4.68 Å². The minimum absolute atomic E-state index is 0.119. The standard InChI is InChI=1S/C19H25FN4O/c20-18-6-4-16(5-7-18)8-9-21-19(25)17-14-22-24(15-17)13-12-23-10-2-1-3-11-23/h4-7,14-15H,1-3,8-13H2,(H,21,25). The smallest absolute Gasteiger partial charge is 0.254 e. The van der Waals surface area contributed by atoms with Gasteiger partial charge in [-0.1, -0.05) is 18.6 Å². The molecule has 6 heteroatoms. The highest BCUT2D eigenvalue weighted by atomic mass is 19.1. The number of benzene rings is 1. The molecule has 0 saturated carbocycles. The number of hydrogen-bond donors (Lipinski definition) is 1. The molecule has 2 heterocycles. The van der Waals surface area contributed by atoms with Crippen LogP contribution in [-0.2, 0) is 13.0 Å². The van der Waals surface area contributed by atoms with Gasteiger partial charge in [-0.05, 0) is 50.0 Å². The number of amides is 1. The molecule has 25 heavy (non-hydrogen) atoms. The Labute approximate surface area is 147 Å². The number of halogens is 1. The highest BCUT2D eigenvalue weighted by Gasteiger charge is 2.11. The zero-order valence-corrected chi connectivity index (χ0v) is 14.5. The van der Waals surface area contributed by atoms with Crippen LogP contribution in [0.4, 0.5) is 4.39 Å². The lowest BCUT2D eigenvalue weighted by molar-refractivity contribution is 0.0954. The first-order valence-corrected chi connectivity index (χ1v) is 8.98. The Balaban J connectivity index is 1.41. The van der Waals surface area contributed by atoms with Crippen LogP contribution in [0, 0.1) is 5.82 Å².